The quantitative estimate of drug-likeness (QED) is 0.0923. The van der Waals surface area contributed by atoms with Crippen LogP contribution >= 0.6 is 23.2 Å². The zero-order chi connectivity index (χ0) is 28.2. The van der Waals surface area contributed by atoms with Crippen molar-refractivity contribution < 1.29 is 23.5 Å². The van der Waals surface area contributed by atoms with E-state index in [1.54, 1.807) is 72.8 Å². The van der Waals surface area contributed by atoms with Gasteiger partial charge in [-0.15, -0.1) is 0 Å². The highest BCUT2D eigenvalue weighted by Gasteiger charge is 2.21. The second-order valence-corrected chi connectivity index (χ2v) is 9.34. The van der Waals surface area contributed by atoms with Gasteiger partial charge in [0.15, 0.2) is 11.5 Å². The molecule has 0 unspecified atom stereocenters. The summed E-state index contributed by atoms with van der Waals surface area (Å²) in [4.78, 5) is 28.7. The number of H-pyrrole nitrogens is 1. The Bertz CT molecular complexity index is 1780. The summed E-state index contributed by atoms with van der Waals surface area (Å²) in [6, 6.07) is 22.5. The van der Waals surface area contributed by atoms with Crippen LogP contribution in [0.2, 0.25) is 10.0 Å². The van der Waals surface area contributed by atoms with E-state index in [1.807, 2.05) is 0 Å². The van der Waals surface area contributed by atoms with Crippen LogP contribution < -0.4 is 14.9 Å². The van der Waals surface area contributed by atoms with Crippen molar-refractivity contribution in [2.24, 2.45) is 5.10 Å². The van der Waals surface area contributed by atoms with Crippen LogP contribution in [0.5, 0.6) is 11.5 Å². The second kappa shape index (κ2) is 11.6. The lowest BCUT2D eigenvalue weighted by atomic mass is 10.0. The highest BCUT2D eigenvalue weighted by molar-refractivity contribution is 6.34. The van der Waals surface area contributed by atoms with Gasteiger partial charge in [-0.3, -0.25) is 4.79 Å². The van der Waals surface area contributed by atoms with Gasteiger partial charge in [-0.05, 0) is 60.2 Å². The van der Waals surface area contributed by atoms with E-state index in [9.17, 15) is 14.0 Å². The van der Waals surface area contributed by atoms with Crippen molar-refractivity contribution in [3.05, 3.63) is 118 Å². The lowest BCUT2D eigenvalue weighted by Gasteiger charge is -2.10. The minimum Gasteiger partial charge on any atom is -0.493 e. The summed E-state index contributed by atoms with van der Waals surface area (Å²) in [7, 11) is 1.43. The molecule has 0 bridgehead atoms. The third-order valence-electron chi connectivity index (χ3n) is 5.99. The van der Waals surface area contributed by atoms with E-state index < -0.39 is 17.7 Å². The van der Waals surface area contributed by atoms with Gasteiger partial charge >= 0.3 is 5.97 Å². The zero-order valence-electron chi connectivity index (χ0n) is 20.9. The van der Waals surface area contributed by atoms with Gasteiger partial charge in [-0.1, -0.05) is 53.5 Å². The Morgan fingerprint density at radius 2 is 1.68 bits per heavy atom. The number of ether oxygens (including phenoxy) is 2. The molecular formula is C30H20Cl2FN3O4. The summed E-state index contributed by atoms with van der Waals surface area (Å²) >= 11 is 12.5. The van der Waals surface area contributed by atoms with Crippen molar-refractivity contribution in [1.29, 1.82) is 0 Å². The second-order valence-electron chi connectivity index (χ2n) is 8.52. The maximum Gasteiger partial charge on any atom is 0.345 e. The monoisotopic (exact) mass is 575 g/mol. The number of methoxy groups -OCH3 is 1. The summed E-state index contributed by atoms with van der Waals surface area (Å²) < 4.78 is 24.9. The first kappa shape index (κ1) is 26.9. The number of nitrogens with zero attached hydrogens (tertiary/aromatic N) is 1. The molecule has 0 atom stereocenters. The lowest BCUT2D eigenvalue weighted by molar-refractivity contribution is 0.0729. The van der Waals surface area contributed by atoms with E-state index in [0.717, 1.165) is 0 Å². The number of nitrogens with one attached hydrogen (secondary N) is 2. The van der Waals surface area contributed by atoms with E-state index in [1.165, 1.54) is 25.5 Å². The molecule has 4 aromatic carbocycles. The molecule has 0 aliphatic carbocycles. The maximum atomic E-state index is 14.1. The molecule has 0 aliphatic heterocycles. The lowest BCUT2D eigenvalue weighted by Crippen LogP contribution is -2.19. The average Bonchev–Trinajstić information content (AvgIpc) is 3.32. The first-order chi connectivity index (χ1) is 19.4. The smallest absolute Gasteiger partial charge is 0.345 e. The Labute approximate surface area is 238 Å². The van der Waals surface area contributed by atoms with Gasteiger partial charge in [0.05, 0.1) is 23.9 Å². The van der Waals surface area contributed by atoms with E-state index in [-0.39, 0.29) is 27.8 Å². The van der Waals surface area contributed by atoms with E-state index in [0.29, 0.717) is 32.6 Å². The van der Waals surface area contributed by atoms with Gasteiger partial charge in [0.2, 0.25) is 0 Å². The molecule has 0 aliphatic rings. The van der Waals surface area contributed by atoms with Crippen molar-refractivity contribution in [1.82, 2.24) is 10.4 Å². The largest absolute Gasteiger partial charge is 0.493 e. The van der Waals surface area contributed by atoms with Crippen molar-refractivity contribution in [2.45, 2.75) is 0 Å². The van der Waals surface area contributed by atoms with Crippen LogP contribution in [0.3, 0.4) is 0 Å². The van der Waals surface area contributed by atoms with Crippen LogP contribution in [0.15, 0.2) is 90.0 Å². The average molecular weight is 576 g/mol. The van der Waals surface area contributed by atoms with Crippen LogP contribution in [0.4, 0.5) is 4.39 Å². The third-order valence-corrected chi connectivity index (χ3v) is 6.65. The maximum absolute atomic E-state index is 14.1. The summed E-state index contributed by atoms with van der Waals surface area (Å²) in [5, 5.41) is 5.24. The number of amides is 1. The SMILES string of the molecule is COc1cc(C=NNC(=O)c2[nH]c3ccc(F)cc3c2-c2ccccc2Cl)ccc1OC(=O)c1ccccc1Cl. The van der Waals surface area contributed by atoms with Crippen molar-refractivity contribution in [3.8, 4) is 22.6 Å². The van der Waals surface area contributed by atoms with E-state index in [2.05, 4.69) is 15.5 Å². The predicted molar refractivity (Wildman–Crippen MR) is 153 cm³/mol. The first-order valence-electron chi connectivity index (χ1n) is 11.9. The zero-order valence-corrected chi connectivity index (χ0v) is 22.4. The normalized spacial score (nSPS) is 11.1. The fourth-order valence-electron chi connectivity index (χ4n) is 4.13. The molecular weight excluding hydrogens is 556 g/mol. The molecule has 2 N–H and O–H groups in total. The molecule has 5 aromatic rings. The number of carbonyl (C=O) groups excluding carboxylic acids is 2. The molecule has 0 fully saturated rings. The minimum absolute atomic E-state index is 0.172. The van der Waals surface area contributed by atoms with Gasteiger partial charge in [0, 0.05) is 27.1 Å². The Morgan fingerprint density at radius 1 is 0.925 bits per heavy atom. The molecule has 200 valence electrons. The number of aromatic amines is 1. The van der Waals surface area contributed by atoms with Gasteiger partial charge in [-0.25, -0.2) is 14.6 Å². The third kappa shape index (κ3) is 5.54. The number of rotatable bonds is 7. The Kier molecular flexibility index (Phi) is 7.82. The number of aromatic nitrogens is 1. The van der Waals surface area contributed by atoms with Crippen LogP contribution in [-0.2, 0) is 0 Å². The Balaban J connectivity index is 1.37. The summed E-state index contributed by atoms with van der Waals surface area (Å²) in [5.41, 5.74) is 5.03. The van der Waals surface area contributed by atoms with Crippen molar-refractivity contribution >= 4 is 52.2 Å². The number of esters is 1. The molecule has 7 nitrogen and oxygen atoms in total. The minimum atomic E-state index is -0.634. The number of hydrogen-bond donors (Lipinski definition) is 2. The van der Waals surface area contributed by atoms with E-state index >= 15 is 0 Å². The standard InChI is InChI=1S/C30H20Cl2FN3O4/c1-39-26-14-17(10-13-25(26)40-30(38)20-7-3-5-9-23(20)32)16-34-36-29(37)28-27(19-6-2-4-8-22(19)31)21-15-18(33)11-12-24(21)35-28/h2-16,35H,1H3,(H,36,37). The topological polar surface area (TPSA) is 92.8 Å². The van der Waals surface area contributed by atoms with Crippen LogP contribution in [0.25, 0.3) is 22.0 Å². The van der Waals surface area contributed by atoms with Gasteiger partial charge in [0.25, 0.3) is 5.91 Å². The number of carbonyl (C=O) groups is 2. The fourth-order valence-corrected chi connectivity index (χ4v) is 4.57. The van der Waals surface area contributed by atoms with Crippen molar-refractivity contribution in [3.63, 3.8) is 0 Å². The highest BCUT2D eigenvalue weighted by atomic mass is 35.5. The number of benzene rings is 4. The van der Waals surface area contributed by atoms with Gasteiger partial charge < -0.3 is 14.5 Å². The number of fused-ring (bicyclic) bond motifs is 1. The van der Waals surface area contributed by atoms with Crippen LogP contribution in [-0.4, -0.2) is 30.2 Å². The molecule has 10 heteroatoms. The molecule has 1 amide bonds. The number of hydrazone groups is 1. The number of halogens is 3. The van der Waals surface area contributed by atoms with E-state index in [4.69, 9.17) is 32.7 Å². The fraction of sp³-hybridized carbons (Fsp3) is 0.0333. The molecule has 0 radical (unpaired) electrons. The molecule has 40 heavy (non-hydrogen) atoms. The predicted octanol–water partition coefficient (Wildman–Crippen LogP) is 7.27. The number of hydrogen-bond acceptors (Lipinski definition) is 5. The van der Waals surface area contributed by atoms with Crippen LogP contribution in [0, 0.1) is 5.82 Å². The summed E-state index contributed by atoms with van der Waals surface area (Å²) in [5.74, 6) is -1.18. The first-order valence-corrected chi connectivity index (χ1v) is 12.7. The highest BCUT2D eigenvalue weighted by Crippen LogP contribution is 2.37. The Hall–Kier alpha value is -4.66. The van der Waals surface area contributed by atoms with Crippen LogP contribution in [0.1, 0.15) is 26.4 Å². The molecule has 0 spiro atoms. The summed E-state index contributed by atoms with van der Waals surface area (Å²) in [6.45, 7) is 0. The summed E-state index contributed by atoms with van der Waals surface area (Å²) in [6.07, 6.45) is 1.40. The van der Waals surface area contributed by atoms with Crippen molar-refractivity contribution in [2.75, 3.05) is 7.11 Å². The molecule has 1 heterocycles. The Morgan fingerprint density at radius 3 is 2.42 bits per heavy atom. The van der Waals surface area contributed by atoms with Gasteiger partial charge in [-0.2, -0.15) is 5.10 Å². The molecule has 1 aromatic heterocycles. The molecule has 0 saturated carbocycles. The molecule has 5 rings (SSSR count). The van der Waals surface area contributed by atoms with Gasteiger partial charge in [0.1, 0.15) is 11.5 Å². The molecule has 0 saturated heterocycles.